The zero-order valence-electron chi connectivity index (χ0n) is 52.5. The van der Waals surface area contributed by atoms with Gasteiger partial charge in [0.15, 0.2) is 0 Å². The Hall–Kier alpha value is -5.11. The average molecular weight is 1170 g/mol. The summed E-state index contributed by atoms with van der Waals surface area (Å²) in [5.74, 6) is -2.12. The molecule has 3 rings (SSSR count). The number of benzene rings is 3. The molecule has 0 fully saturated rings. The van der Waals surface area contributed by atoms with Gasteiger partial charge in [0.1, 0.15) is 25.5 Å². The minimum absolute atomic E-state index is 0.0172. The van der Waals surface area contributed by atoms with E-state index in [4.69, 9.17) is 23.7 Å². The fourth-order valence-electron chi connectivity index (χ4n) is 10.4. The number of carbonyl (C=O) groups excluding carboxylic acids is 5. The fraction of sp³-hybridized carbons (Fsp3) is 0.676. The van der Waals surface area contributed by atoms with Crippen LogP contribution in [0.2, 0.25) is 0 Å². The highest BCUT2D eigenvalue weighted by atomic mass is 16.7. The number of rotatable bonds is 55. The van der Waals surface area contributed by atoms with Crippen molar-refractivity contribution in [2.75, 3.05) is 19.9 Å². The molecule has 0 saturated carbocycles. The summed E-state index contributed by atoms with van der Waals surface area (Å²) in [5, 5.41) is 8.97. The molecule has 0 radical (unpaired) electrons. The van der Waals surface area contributed by atoms with Crippen LogP contribution in [0, 0.1) is 0 Å². The molecule has 4 atom stereocenters. The zero-order valence-corrected chi connectivity index (χ0v) is 52.5. The molecule has 0 aromatic heterocycles. The maximum Gasteiger partial charge on any atom is 0.308 e. The lowest BCUT2D eigenvalue weighted by atomic mass is 10.0. The molecule has 13 heteroatoms. The summed E-state index contributed by atoms with van der Waals surface area (Å²) in [7, 11) is 0. The van der Waals surface area contributed by atoms with Crippen molar-refractivity contribution in [2.24, 2.45) is 0 Å². The molecule has 0 bridgehead atoms. The van der Waals surface area contributed by atoms with E-state index in [1.165, 1.54) is 116 Å². The lowest BCUT2D eigenvalue weighted by molar-refractivity contribution is -0.151. The van der Waals surface area contributed by atoms with Crippen molar-refractivity contribution in [3.63, 3.8) is 0 Å². The number of unbranched alkanes of at least 4 members (excludes halogenated alkanes) is 24. The SMILES string of the molecule is CCCCCCCCCCCC(=O)O[C@H](CCCCCCCCCCC)CC(=O)N[C@H](CC(=O)OCc1ccccc1)C(=O)NCCC[C@H](COCOCc1ccccc1)NC(=O)C[C@@H](CCCCCCCCCCC)OCc1ccccc1. The first kappa shape index (κ1) is 73.1. The third-order valence-corrected chi connectivity index (χ3v) is 15.5. The Morgan fingerprint density at radius 2 is 0.857 bits per heavy atom. The molecule has 3 aromatic rings. The molecular weight excluding hydrogens is 1050 g/mol. The molecule has 0 aliphatic carbocycles. The van der Waals surface area contributed by atoms with Gasteiger partial charge in [-0.25, -0.2) is 0 Å². The Labute approximate surface area is 508 Å². The monoisotopic (exact) mass is 1170 g/mol. The summed E-state index contributed by atoms with van der Waals surface area (Å²) in [6.45, 7) is 7.90. The van der Waals surface area contributed by atoms with E-state index in [1.54, 1.807) is 0 Å². The summed E-state index contributed by atoms with van der Waals surface area (Å²) in [4.78, 5) is 68.6. The van der Waals surface area contributed by atoms with E-state index in [0.29, 0.717) is 38.9 Å². The molecule has 0 spiro atoms. The molecule has 3 aromatic carbocycles. The van der Waals surface area contributed by atoms with Gasteiger partial charge in [-0.1, -0.05) is 272 Å². The summed E-state index contributed by atoms with van der Waals surface area (Å²) in [6, 6.07) is 27.5. The predicted molar refractivity (Wildman–Crippen MR) is 339 cm³/mol. The van der Waals surface area contributed by atoms with Crippen LogP contribution in [0.15, 0.2) is 91.0 Å². The van der Waals surface area contributed by atoms with Gasteiger partial charge in [0, 0.05) is 13.0 Å². The number of hydrogen-bond acceptors (Lipinski definition) is 10. The average Bonchev–Trinajstić information content (AvgIpc) is 3.59. The molecular formula is C71H113N3O10. The molecule has 0 aliphatic rings. The van der Waals surface area contributed by atoms with Crippen LogP contribution in [0.25, 0.3) is 0 Å². The number of amides is 3. The minimum atomic E-state index is -1.24. The first-order valence-corrected chi connectivity index (χ1v) is 33.3. The van der Waals surface area contributed by atoms with E-state index >= 15 is 0 Å². The van der Waals surface area contributed by atoms with Gasteiger partial charge in [-0.3, -0.25) is 24.0 Å². The highest BCUT2D eigenvalue weighted by Crippen LogP contribution is 2.19. The maximum absolute atomic E-state index is 14.1. The predicted octanol–water partition coefficient (Wildman–Crippen LogP) is 16.2. The first-order valence-electron chi connectivity index (χ1n) is 33.3. The lowest BCUT2D eigenvalue weighted by Crippen LogP contribution is -2.49. The maximum atomic E-state index is 14.1. The Balaban J connectivity index is 1.67. The third kappa shape index (κ3) is 40.3. The number of hydrogen-bond donors (Lipinski definition) is 3. The van der Waals surface area contributed by atoms with Gasteiger partial charge in [0.05, 0.1) is 51.2 Å². The number of nitrogens with one attached hydrogen (secondary N) is 3. The first-order chi connectivity index (χ1) is 41.2. The Morgan fingerprint density at radius 3 is 1.38 bits per heavy atom. The summed E-state index contributed by atoms with van der Waals surface area (Å²) in [6.07, 6.45) is 32.6. The smallest absolute Gasteiger partial charge is 0.308 e. The van der Waals surface area contributed by atoms with Crippen molar-refractivity contribution in [3.8, 4) is 0 Å². The molecule has 0 heterocycles. The lowest BCUT2D eigenvalue weighted by Gasteiger charge is -2.23. The van der Waals surface area contributed by atoms with Crippen LogP contribution in [0.1, 0.15) is 262 Å². The Bertz CT molecular complexity index is 2080. The van der Waals surface area contributed by atoms with Crippen molar-refractivity contribution < 1.29 is 47.7 Å². The molecule has 84 heavy (non-hydrogen) atoms. The highest BCUT2D eigenvalue weighted by Gasteiger charge is 2.27. The Morgan fingerprint density at radius 1 is 0.417 bits per heavy atom. The second-order valence-corrected chi connectivity index (χ2v) is 23.2. The van der Waals surface area contributed by atoms with Gasteiger partial charge >= 0.3 is 11.9 Å². The van der Waals surface area contributed by atoms with E-state index < -0.39 is 42.4 Å². The normalized spacial score (nSPS) is 12.7. The highest BCUT2D eigenvalue weighted by molar-refractivity contribution is 5.91. The summed E-state index contributed by atoms with van der Waals surface area (Å²) >= 11 is 0. The van der Waals surface area contributed by atoms with Gasteiger partial charge in [-0.15, -0.1) is 0 Å². The second-order valence-electron chi connectivity index (χ2n) is 23.2. The molecule has 3 amide bonds. The molecule has 13 nitrogen and oxygen atoms in total. The molecule has 472 valence electrons. The second kappa shape index (κ2) is 51.1. The molecule has 0 unspecified atom stereocenters. The van der Waals surface area contributed by atoms with Gasteiger partial charge in [-0.2, -0.15) is 0 Å². The van der Waals surface area contributed by atoms with Crippen molar-refractivity contribution in [2.45, 2.75) is 290 Å². The van der Waals surface area contributed by atoms with Crippen LogP contribution >= 0.6 is 0 Å². The van der Waals surface area contributed by atoms with E-state index in [2.05, 4.69) is 36.7 Å². The topological polar surface area (TPSA) is 168 Å². The zero-order chi connectivity index (χ0) is 60.2. The quantitative estimate of drug-likeness (QED) is 0.0281. The number of esters is 2. The molecule has 0 saturated heterocycles. The summed E-state index contributed by atoms with van der Waals surface area (Å²) < 4.78 is 29.8. The summed E-state index contributed by atoms with van der Waals surface area (Å²) in [5.41, 5.74) is 2.87. The van der Waals surface area contributed by atoms with Crippen molar-refractivity contribution in [1.82, 2.24) is 16.0 Å². The van der Waals surface area contributed by atoms with Gasteiger partial charge in [0.2, 0.25) is 17.7 Å². The van der Waals surface area contributed by atoms with Gasteiger partial charge < -0.3 is 39.6 Å². The van der Waals surface area contributed by atoms with Crippen molar-refractivity contribution >= 4 is 29.7 Å². The van der Waals surface area contributed by atoms with E-state index in [-0.39, 0.29) is 57.4 Å². The largest absolute Gasteiger partial charge is 0.462 e. The van der Waals surface area contributed by atoms with Crippen LogP contribution in [-0.2, 0) is 67.5 Å². The van der Waals surface area contributed by atoms with Crippen molar-refractivity contribution in [3.05, 3.63) is 108 Å². The van der Waals surface area contributed by atoms with Gasteiger partial charge in [0.25, 0.3) is 0 Å². The van der Waals surface area contributed by atoms with Crippen LogP contribution in [-0.4, -0.2) is 73.9 Å². The van der Waals surface area contributed by atoms with E-state index in [9.17, 15) is 24.0 Å². The van der Waals surface area contributed by atoms with Crippen LogP contribution in [0.5, 0.6) is 0 Å². The molecule has 0 aliphatic heterocycles. The number of carbonyl (C=O) groups is 5. The Kier molecular flexibility index (Phi) is 44.5. The third-order valence-electron chi connectivity index (χ3n) is 15.5. The standard InChI is InChI=1S/C71H113N3O10/c1-4-7-10-13-16-19-22-25-37-48-64(82-56-61-43-33-29-34-44-61)52-67(75)73-63(58-81-59-80-55-60-41-31-28-32-42-60)47-40-51-72-71(79)66(54-70(78)83-57-62-45-35-30-36-46-62)74-68(76)53-65(49-38-26-23-20-17-14-11-8-5-2)84-69(77)50-39-27-24-21-18-15-12-9-6-3/h28-36,41-46,63-66H,4-27,37-40,47-59H2,1-3H3,(H,72,79)(H,73,75)(H,74,76)/t63-,64-,65-,66-/m1/s1. The van der Waals surface area contributed by atoms with E-state index in [1.807, 2.05) is 91.0 Å². The van der Waals surface area contributed by atoms with Crippen molar-refractivity contribution in [1.29, 1.82) is 0 Å². The van der Waals surface area contributed by atoms with Gasteiger partial charge in [-0.05, 0) is 55.2 Å². The number of ether oxygens (including phenoxy) is 5. The van der Waals surface area contributed by atoms with Crippen LogP contribution in [0.3, 0.4) is 0 Å². The molecule has 3 N–H and O–H groups in total. The van der Waals surface area contributed by atoms with Crippen LogP contribution < -0.4 is 16.0 Å². The minimum Gasteiger partial charge on any atom is -0.462 e. The fourth-order valence-corrected chi connectivity index (χ4v) is 10.4. The van der Waals surface area contributed by atoms with E-state index in [0.717, 1.165) is 80.9 Å². The van der Waals surface area contributed by atoms with Crippen LogP contribution in [0.4, 0.5) is 0 Å².